The normalized spacial score (nSPS) is 11.2. The molecule has 0 spiro atoms. The summed E-state index contributed by atoms with van der Waals surface area (Å²) in [5.41, 5.74) is 7.04. The van der Waals surface area contributed by atoms with E-state index >= 15 is 0 Å². The Labute approximate surface area is 186 Å². The van der Waals surface area contributed by atoms with E-state index in [1.54, 1.807) is 0 Å². The Bertz CT molecular complexity index is 1050. The van der Waals surface area contributed by atoms with E-state index in [1.807, 2.05) is 0 Å². The second kappa shape index (κ2) is 8.69. The van der Waals surface area contributed by atoms with Crippen molar-refractivity contribution in [2.24, 2.45) is 0 Å². The molecule has 0 aliphatic rings. The molecule has 4 aromatic carbocycles. The van der Waals surface area contributed by atoms with Crippen LogP contribution in [0.15, 0.2) is 109 Å². The van der Waals surface area contributed by atoms with Gasteiger partial charge in [-0.1, -0.05) is 54.1 Å². The molecule has 156 valence electrons. The van der Waals surface area contributed by atoms with Gasteiger partial charge in [-0.05, 0) is 88.4 Å². The fraction of sp³-hybridized carbons (Fsp3) is 0.172. The highest BCUT2D eigenvalue weighted by Crippen LogP contribution is 2.38. The lowest BCUT2D eigenvalue weighted by Gasteiger charge is -2.38. The fourth-order valence-electron chi connectivity index (χ4n) is 3.97. The highest BCUT2D eigenvalue weighted by atomic mass is 15.2. The van der Waals surface area contributed by atoms with Crippen LogP contribution in [0, 0.1) is 6.92 Å². The minimum Gasteiger partial charge on any atom is -0.336 e. The lowest BCUT2D eigenvalue weighted by molar-refractivity contribution is 0.560. The molecule has 2 heteroatoms. The van der Waals surface area contributed by atoms with Crippen molar-refractivity contribution < 1.29 is 0 Å². The van der Waals surface area contributed by atoms with Crippen LogP contribution in [0.5, 0.6) is 0 Å². The second-order valence-corrected chi connectivity index (χ2v) is 8.86. The van der Waals surface area contributed by atoms with Gasteiger partial charge in [-0.25, -0.2) is 0 Å². The highest BCUT2D eigenvalue weighted by Gasteiger charge is 2.24. The third-order valence-corrected chi connectivity index (χ3v) is 5.36. The van der Waals surface area contributed by atoms with E-state index < -0.39 is 0 Å². The molecule has 0 atom stereocenters. The maximum atomic E-state index is 2.39. The largest absolute Gasteiger partial charge is 0.336 e. The molecule has 0 saturated carbocycles. The molecular formula is C29H30N2. The average molecular weight is 407 g/mol. The number of para-hydroxylation sites is 2. The highest BCUT2D eigenvalue weighted by molar-refractivity contribution is 5.78. The van der Waals surface area contributed by atoms with Gasteiger partial charge in [0.25, 0.3) is 0 Å². The Hall–Kier alpha value is -3.52. The summed E-state index contributed by atoms with van der Waals surface area (Å²) in [4.78, 5) is 4.68. The van der Waals surface area contributed by atoms with Gasteiger partial charge in [-0.15, -0.1) is 0 Å². The molecule has 0 N–H and O–H groups in total. The standard InChI is InChI=1S/C29H30N2/c1-23-15-17-27(18-16-23)31(29(2,3)4)28-21-19-26(20-22-28)30(24-11-7-5-8-12-24)25-13-9-6-10-14-25/h5-22H,1-4H3. The lowest BCUT2D eigenvalue weighted by Crippen LogP contribution is -2.37. The molecule has 0 aromatic heterocycles. The zero-order chi connectivity index (χ0) is 21.8. The average Bonchev–Trinajstić information content (AvgIpc) is 2.77. The maximum Gasteiger partial charge on any atom is 0.0463 e. The van der Waals surface area contributed by atoms with Crippen LogP contribution < -0.4 is 9.80 Å². The summed E-state index contributed by atoms with van der Waals surface area (Å²) >= 11 is 0. The van der Waals surface area contributed by atoms with Crippen molar-refractivity contribution in [2.75, 3.05) is 9.80 Å². The van der Waals surface area contributed by atoms with Crippen LogP contribution in [0.3, 0.4) is 0 Å². The van der Waals surface area contributed by atoms with Crippen molar-refractivity contribution in [1.29, 1.82) is 0 Å². The molecule has 0 aliphatic heterocycles. The smallest absolute Gasteiger partial charge is 0.0463 e. The van der Waals surface area contributed by atoms with Crippen LogP contribution in [0.4, 0.5) is 28.4 Å². The number of hydrogen-bond donors (Lipinski definition) is 0. The number of rotatable bonds is 5. The molecule has 4 aromatic rings. The monoisotopic (exact) mass is 406 g/mol. The first-order valence-corrected chi connectivity index (χ1v) is 10.8. The number of nitrogens with zero attached hydrogens (tertiary/aromatic N) is 2. The zero-order valence-electron chi connectivity index (χ0n) is 18.8. The van der Waals surface area contributed by atoms with Gasteiger partial charge in [0, 0.05) is 34.0 Å². The molecule has 0 saturated heterocycles. The third-order valence-electron chi connectivity index (χ3n) is 5.36. The first-order chi connectivity index (χ1) is 14.9. The zero-order valence-corrected chi connectivity index (χ0v) is 18.8. The minimum atomic E-state index is -0.0463. The minimum absolute atomic E-state index is 0.0463. The molecule has 0 aliphatic carbocycles. The van der Waals surface area contributed by atoms with Crippen LogP contribution >= 0.6 is 0 Å². The second-order valence-electron chi connectivity index (χ2n) is 8.86. The number of benzene rings is 4. The van der Waals surface area contributed by atoms with Crippen molar-refractivity contribution in [3.8, 4) is 0 Å². The first-order valence-electron chi connectivity index (χ1n) is 10.8. The van der Waals surface area contributed by atoms with Crippen LogP contribution in [0.25, 0.3) is 0 Å². The summed E-state index contributed by atoms with van der Waals surface area (Å²) in [5.74, 6) is 0. The van der Waals surface area contributed by atoms with E-state index in [1.165, 1.54) is 16.9 Å². The van der Waals surface area contributed by atoms with Gasteiger partial charge in [-0.3, -0.25) is 0 Å². The summed E-state index contributed by atoms with van der Waals surface area (Å²) in [6.07, 6.45) is 0. The Morgan fingerprint density at radius 2 is 0.806 bits per heavy atom. The van der Waals surface area contributed by atoms with Gasteiger partial charge < -0.3 is 9.80 Å². The Morgan fingerprint density at radius 1 is 0.452 bits per heavy atom. The molecule has 0 fully saturated rings. The molecule has 0 amide bonds. The molecule has 0 heterocycles. The van der Waals surface area contributed by atoms with Crippen molar-refractivity contribution in [1.82, 2.24) is 0 Å². The topological polar surface area (TPSA) is 6.48 Å². The van der Waals surface area contributed by atoms with Gasteiger partial charge in [0.1, 0.15) is 0 Å². The van der Waals surface area contributed by atoms with Crippen LogP contribution in [0.2, 0.25) is 0 Å². The summed E-state index contributed by atoms with van der Waals surface area (Å²) in [6, 6.07) is 38.6. The summed E-state index contributed by atoms with van der Waals surface area (Å²) < 4.78 is 0. The Kier molecular flexibility index (Phi) is 5.81. The molecular weight excluding hydrogens is 376 g/mol. The predicted octanol–water partition coefficient (Wildman–Crippen LogP) is 8.40. The van der Waals surface area contributed by atoms with E-state index in [-0.39, 0.29) is 5.54 Å². The van der Waals surface area contributed by atoms with Gasteiger partial charge >= 0.3 is 0 Å². The van der Waals surface area contributed by atoms with Gasteiger partial charge in [0.05, 0.1) is 0 Å². The van der Waals surface area contributed by atoms with Crippen molar-refractivity contribution in [3.63, 3.8) is 0 Å². The van der Waals surface area contributed by atoms with E-state index in [0.717, 1.165) is 17.1 Å². The van der Waals surface area contributed by atoms with Crippen LogP contribution in [-0.4, -0.2) is 5.54 Å². The van der Waals surface area contributed by atoms with E-state index in [0.29, 0.717) is 0 Å². The van der Waals surface area contributed by atoms with Crippen molar-refractivity contribution in [3.05, 3.63) is 115 Å². The van der Waals surface area contributed by atoms with Crippen LogP contribution in [0.1, 0.15) is 26.3 Å². The Balaban J connectivity index is 1.75. The van der Waals surface area contributed by atoms with E-state index in [9.17, 15) is 0 Å². The molecule has 4 rings (SSSR count). The SMILES string of the molecule is Cc1ccc(N(c2ccc(N(c3ccccc3)c3ccccc3)cc2)C(C)(C)C)cc1. The Morgan fingerprint density at radius 3 is 1.23 bits per heavy atom. The number of hydrogen-bond acceptors (Lipinski definition) is 2. The summed E-state index contributed by atoms with van der Waals surface area (Å²) in [6.45, 7) is 8.88. The molecule has 0 radical (unpaired) electrons. The maximum absolute atomic E-state index is 2.39. The molecule has 0 unspecified atom stereocenters. The van der Waals surface area contributed by atoms with Crippen molar-refractivity contribution >= 4 is 28.4 Å². The van der Waals surface area contributed by atoms with E-state index in [2.05, 4.69) is 147 Å². The predicted molar refractivity (Wildman–Crippen MR) is 134 cm³/mol. The van der Waals surface area contributed by atoms with Gasteiger partial charge in [-0.2, -0.15) is 0 Å². The fourth-order valence-corrected chi connectivity index (χ4v) is 3.97. The first kappa shape index (κ1) is 20.7. The number of aryl methyl sites for hydroxylation is 1. The quantitative estimate of drug-likeness (QED) is 0.328. The molecule has 0 bridgehead atoms. The third kappa shape index (κ3) is 4.64. The van der Waals surface area contributed by atoms with Gasteiger partial charge in [0.15, 0.2) is 0 Å². The summed E-state index contributed by atoms with van der Waals surface area (Å²) in [5, 5.41) is 0. The molecule has 2 nitrogen and oxygen atoms in total. The lowest BCUT2D eigenvalue weighted by atomic mass is 10.0. The van der Waals surface area contributed by atoms with Crippen LogP contribution in [-0.2, 0) is 0 Å². The number of anilines is 5. The molecule has 31 heavy (non-hydrogen) atoms. The van der Waals surface area contributed by atoms with Crippen molar-refractivity contribution in [2.45, 2.75) is 33.2 Å². The summed E-state index contributed by atoms with van der Waals surface area (Å²) in [7, 11) is 0. The van der Waals surface area contributed by atoms with Gasteiger partial charge in [0.2, 0.25) is 0 Å². The van der Waals surface area contributed by atoms with E-state index in [4.69, 9.17) is 0 Å².